The first-order valence-corrected chi connectivity index (χ1v) is 38.4. The summed E-state index contributed by atoms with van der Waals surface area (Å²) in [5.74, 6) is 0. The van der Waals surface area contributed by atoms with Gasteiger partial charge in [0.15, 0.2) is 0 Å². The van der Waals surface area contributed by atoms with Gasteiger partial charge >= 0.3 is 272 Å². The van der Waals surface area contributed by atoms with E-state index in [1.807, 2.05) is 0 Å². The molecule has 2 heteroatoms. The van der Waals surface area contributed by atoms with Crippen molar-refractivity contribution in [1.82, 2.24) is 0 Å². The van der Waals surface area contributed by atoms with E-state index in [0.717, 1.165) is 12.8 Å². The van der Waals surface area contributed by atoms with Gasteiger partial charge in [0.25, 0.3) is 0 Å². The maximum absolute atomic E-state index is 3.09. The zero-order chi connectivity index (χ0) is 30.6. The molecule has 2 atom stereocenters. The fraction of sp³-hybridized carbons (Fsp3) is 0.317. The third-order valence-corrected chi connectivity index (χ3v) is 88.3. The summed E-state index contributed by atoms with van der Waals surface area (Å²) in [5.41, 5.74) is 15.2. The molecule has 0 amide bonds. The van der Waals surface area contributed by atoms with E-state index in [4.69, 9.17) is 0 Å². The molecule has 0 aromatic heterocycles. The van der Waals surface area contributed by atoms with Gasteiger partial charge in [0.2, 0.25) is 0 Å². The van der Waals surface area contributed by atoms with E-state index in [9.17, 15) is 0 Å². The molecule has 0 saturated heterocycles. The molecule has 4 aromatic rings. The van der Waals surface area contributed by atoms with Gasteiger partial charge in [0.05, 0.1) is 0 Å². The van der Waals surface area contributed by atoms with E-state index in [1.165, 1.54) is 33.4 Å². The van der Waals surface area contributed by atoms with Crippen molar-refractivity contribution < 1.29 is 39.9 Å². The van der Waals surface area contributed by atoms with Crippen LogP contribution in [0.4, 0.5) is 0 Å². The molecule has 0 aliphatic heterocycles. The van der Waals surface area contributed by atoms with Gasteiger partial charge in [-0.1, -0.05) is 0 Å². The molecule has 2 aliphatic rings. The van der Waals surface area contributed by atoms with Crippen LogP contribution in [0, 0.1) is 0 Å². The van der Waals surface area contributed by atoms with Crippen LogP contribution in [0.3, 0.4) is 0 Å². The van der Waals surface area contributed by atoms with Crippen molar-refractivity contribution in [3.63, 3.8) is 0 Å². The minimum absolute atomic E-state index is 0.437. The molecule has 0 heterocycles. The molecular formula is C41H48Hf2. The van der Waals surface area contributed by atoms with Crippen molar-refractivity contribution in [2.75, 3.05) is 0 Å². The van der Waals surface area contributed by atoms with Gasteiger partial charge in [-0.25, -0.2) is 0 Å². The second kappa shape index (κ2) is 11.8. The average Bonchev–Trinajstić information content (AvgIpc) is 3.61. The Labute approximate surface area is 270 Å². The second-order valence-corrected chi connectivity index (χ2v) is 58.8. The molecule has 0 spiro atoms. The molecule has 4 aromatic carbocycles. The van der Waals surface area contributed by atoms with Crippen LogP contribution < -0.4 is 0 Å². The molecule has 0 radical (unpaired) electrons. The quantitative estimate of drug-likeness (QED) is 0.155. The van der Waals surface area contributed by atoms with Crippen LogP contribution in [-0.4, -0.2) is 0 Å². The summed E-state index contributed by atoms with van der Waals surface area (Å²) >= 11 is -6.19. The summed E-state index contributed by atoms with van der Waals surface area (Å²) in [6.45, 7) is 10.3. The summed E-state index contributed by atoms with van der Waals surface area (Å²) in [4.78, 5) is 0. The third kappa shape index (κ3) is 4.98. The average molecular weight is 898 g/mol. The van der Waals surface area contributed by atoms with Crippen molar-refractivity contribution in [2.24, 2.45) is 0 Å². The number of fused-ring (bicyclic) bond motifs is 2. The van der Waals surface area contributed by atoms with Gasteiger partial charge in [-0.15, -0.1) is 0 Å². The molecular weight excluding hydrogens is 849 g/mol. The van der Waals surface area contributed by atoms with E-state index >= 15 is 0 Å². The molecule has 43 heavy (non-hydrogen) atoms. The van der Waals surface area contributed by atoms with E-state index in [0.29, 0.717) is 8.28 Å². The molecule has 0 N–H and O–H groups in total. The predicted molar refractivity (Wildman–Crippen MR) is 183 cm³/mol. The number of allylic oxidation sites excluding steroid dienone is 2. The van der Waals surface area contributed by atoms with Gasteiger partial charge in [0, 0.05) is 0 Å². The van der Waals surface area contributed by atoms with Gasteiger partial charge in [-0.2, -0.15) is 0 Å². The van der Waals surface area contributed by atoms with Gasteiger partial charge in [-0.05, 0) is 0 Å². The Hall–Kier alpha value is -1.90. The van der Waals surface area contributed by atoms with Crippen LogP contribution in [-0.2, 0) is 39.9 Å². The molecule has 0 saturated carbocycles. The Morgan fingerprint density at radius 1 is 0.512 bits per heavy atom. The van der Waals surface area contributed by atoms with E-state index in [2.05, 4.69) is 156 Å². The van der Waals surface area contributed by atoms with Gasteiger partial charge in [0.1, 0.15) is 0 Å². The molecule has 2 unspecified atom stereocenters. The molecule has 0 nitrogen and oxygen atoms in total. The van der Waals surface area contributed by atoms with Crippen LogP contribution in [0.2, 0.25) is 19.6 Å². The third-order valence-electron chi connectivity index (χ3n) is 12.0. The summed E-state index contributed by atoms with van der Waals surface area (Å²) in [7, 11) is 0. The van der Waals surface area contributed by atoms with Crippen molar-refractivity contribution >= 4 is 12.2 Å². The standard InChI is InChI=1S/2C17H15.C3H6.4CH3.2Hf/c2*1-2-13-11-15-9-6-10-16(17(15)12-13)14-7-4-3-5-8-14;1-3-2;;;;;;/h2*3-12H,2H2,1H3;1-2H3;4*1H3;;. The first-order chi connectivity index (χ1) is 20.5. The summed E-state index contributed by atoms with van der Waals surface area (Å²) in [5, 5.41) is 0. The Morgan fingerprint density at radius 2 is 0.884 bits per heavy atom. The minimum atomic E-state index is -3.09. The van der Waals surface area contributed by atoms with Gasteiger partial charge < -0.3 is 0 Å². The number of rotatable bonds is 8. The predicted octanol–water partition coefficient (Wildman–Crippen LogP) is 13.1. The number of hydrogen-bond donors (Lipinski definition) is 0. The normalized spacial score (nSPS) is 18.2. The Morgan fingerprint density at radius 3 is 1.23 bits per heavy atom. The van der Waals surface area contributed by atoms with Crippen LogP contribution in [0.5, 0.6) is 0 Å². The van der Waals surface area contributed by atoms with Crippen LogP contribution >= 0.6 is 0 Å². The zero-order valence-corrected chi connectivity index (χ0v) is 34.6. The van der Waals surface area contributed by atoms with Crippen LogP contribution in [0.1, 0.15) is 70.1 Å². The Balaban J connectivity index is 1.45. The number of hydrogen-bond acceptors (Lipinski definition) is 0. The van der Waals surface area contributed by atoms with Crippen molar-refractivity contribution in [3.05, 3.63) is 130 Å². The van der Waals surface area contributed by atoms with E-state index < -0.39 is 39.9 Å². The fourth-order valence-electron chi connectivity index (χ4n) is 8.54. The van der Waals surface area contributed by atoms with Crippen molar-refractivity contribution in [3.8, 4) is 22.3 Å². The van der Waals surface area contributed by atoms with E-state index in [1.54, 1.807) is 22.3 Å². The monoisotopic (exact) mass is 900 g/mol. The maximum atomic E-state index is 2.83. The fourth-order valence-corrected chi connectivity index (χ4v) is 93.1. The zero-order valence-electron chi connectivity index (χ0n) is 27.5. The summed E-state index contributed by atoms with van der Waals surface area (Å²) < 4.78 is 13.1. The second-order valence-electron chi connectivity index (χ2n) is 14.4. The Bertz CT molecular complexity index is 1580. The molecule has 6 rings (SSSR count). The van der Waals surface area contributed by atoms with Gasteiger partial charge in [-0.3, -0.25) is 0 Å². The first kappa shape index (κ1) is 31.1. The SMILES string of the molecule is CCC1=Cc2c(-c3ccccc3)cccc2[CH]1[Hf]([CH3])([CH3])[C](C)(C)[Hf]([CH3])([CH3])[CH]1C(CC)=Cc2c(-c3ccccc3)cccc21. The molecule has 0 fully saturated rings. The first-order valence-electron chi connectivity index (χ1n) is 16.3. The number of benzene rings is 4. The Kier molecular flexibility index (Phi) is 8.53. The van der Waals surface area contributed by atoms with Crippen molar-refractivity contribution in [2.45, 2.75) is 67.5 Å². The summed E-state index contributed by atoms with van der Waals surface area (Å²) in [6, 6.07) is 36.4. The topological polar surface area (TPSA) is 0 Å². The van der Waals surface area contributed by atoms with Crippen molar-refractivity contribution in [1.29, 1.82) is 0 Å². The van der Waals surface area contributed by atoms with Crippen LogP contribution in [0.25, 0.3) is 34.4 Å². The van der Waals surface area contributed by atoms with Crippen LogP contribution in [0.15, 0.2) is 108 Å². The molecule has 2 aliphatic carbocycles. The summed E-state index contributed by atoms with van der Waals surface area (Å²) in [6.07, 6.45) is 7.52. The van der Waals surface area contributed by atoms with E-state index in [-0.39, 0.29) is 0 Å². The molecule has 0 bridgehead atoms. The molecule has 220 valence electrons.